The van der Waals surface area contributed by atoms with Crippen LogP contribution in [0.25, 0.3) is 5.78 Å². The standard InChI is InChI=1S/C24H23ClFN5O3S/c1-13-18(11-19-20(25)6-5-7-21(19)26)14(2)31-23(27-13)29-24(30-31)35-12-22(32)28-15-8-16(33-3)10-17(9-15)34-4/h5-10H,11-12H2,1-4H3,(H,28,32). The molecule has 0 saturated heterocycles. The van der Waals surface area contributed by atoms with Crippen LogP contribution in [0, 0.1) is 19.7 Å². The van der Waals surface area contributed by atoms with E-state index in [9.17, 15) is 9.18 Å². The number of carbonyl (C=O) groups is 1. The highest BCUT2D eigenvalue weighted by molar-refractivity contribution is 7.99. The normalized spacial score (nSPS) is 11.0. The van der Waals surface area contributed by atoms with Gasteiger partial charge >= 0.3 is 0 Å². The molecular formula is C24H23ClFN5O3S. The Balaban J connectivity index is 1.50. The highest BCUT2D eigenvalue weighted by Crippen LogP contribution is 2.27. The molecule has 35 heavy (non-hydrogen) atoms. The maximum Gasteiger partial charge on any atom is 0.253 e. The number of methoxy groups -OCH3 is 2. The minimum atomic E-state index is -0.370. The van der Waals surface area contributed by atoms with Crippen molar-refractivity contribution in [1.82, 2.24) is 19.6 Å². The average Bonchev–Trinajstić information content (AvgIpc) is 3.24. The summed E-state index contributed by atoms with van der Waals surface area (Å²) < 4.78 is 26.4. The number of rotatable bonds is 8. The lowest BCUT2D eigenvalue weighted by molar-refractivity contribution is -0.113. The minimum absolute atomic E-state index is 0.0894. The maximum atomic E-state index is 14.3. The second-order valence-electron chi connectivity index (χ2n) is 7.68. The number of aromatic nitrogens is 4. The highest BCUT2D eigenvalue weighted by atomic mass is 35.5. The number of halogens is 2. The molecular weight excluding hydrogens is 493 g/mol. The molecule has 0 aliphatic heterocycles. The molecule has 2 heterocycles. The van der Waals surface area contributed by atoms with Crippen LogP contribution in [0.5, 0.6) is 11.5 Å². The van der Waals surface area contributed by atoms with Crippen LogP contribution in [0.4, 0.5) is 10.1 Å². The van der Waals surface area contributed by atoms with Gasteiger partial charge in [-0.1, -0.05) is 29.4 Å². The molecule has 0 spiro atoms. The summed E-state index contributed by atoms with van der Waals surface area (Å²) >= 11 is 7.40. The van der Waals surface area contributed by atoms with E-state index < -0.39 is 0 Å². The summed E-state index contributed by atoms with van der Waals surface area (Å²) in [6.45, 7) is 3.71. The molecule has 1 amide bonds. The van der Waals surface area contributed by atoms with Crippen LogP contribution in [0.1, 0.15) is 22.5 Å². The van der Waals surface area contributed by atoms with E-state index in [2.05, 4.69) is 20.4 Å². The molecule has 0 aliphatic carbocycles. The van der Waals surface area contributed by atoms with Crippen LogP contribution in [-0.2, 0) is 11.2 Å². The van der Waals surface area contributed by atoms with Gasteiger partial charge < -0.3 is 14.8 Å². The van der Waals surface area contributed by atoms with E-state index in [4.69, 9.17) is 21.1 Å². The Morgan fingerprint density at radius 3 is 2.49 bits per heavy atom. The molecule has 2 aromatic heterocycles. The Morgan fingerprint density at radius 2 is 1.83 bits per heavy atom. The predicted molar refractivity (Wildman–Crippen MR) is 133 cm³/mol. The SMILES string of the molecule is COc1cc(NC(=O)CSc2nc3nc(C)c(Cc4c(F)cccc4Cl)c(C)n3n2)cc(OC)c1. The van der Waals surface area contributed by atoms with E-state index in [0.29, 0.717) is 44.4 Å². The predicted octanol–water partition coefficient (Wildman–Crippen LogP) is 4.87. The van der Waals surface area contributed by atoms with Crippen LogP contribution >= 0.6 is 23.4 Å². The van der Waals surface area contributed by atoms with Crippen molar-refractivity contribution >= 4 is 40.7 Å². The zero-order valence-electron chi connectivity index (χ0n) is 19.6. The third-order valence-corrected chi connectivity index (χ3v) is 6.60. The molecule has 4 rings (SSSR count). The van der Waals surface area contributed by atoms with Crippen molar-refractivity contribution in [2.45, 2.75) is 25.4 Å². The lowest BCUT2D eigenvalue weighted by Gasteiger charge is -2.12. The Labute approximate surface area is 210 Å². The number of amides is 1. The third-order valence-electron chi connectivity index (χ3n) is 5.41. The fraction of sp³-hybridized carbons (Fsp3) is 0.250. The Bertz CT molecular complexity index is 1370. The number of benzene rings is 2. The van der Waals surface area contributed by atoms with Crippen molar-refractivity contribution in [3.05, 3.63) is 69.8 Å². The average molecular weight is 516 g/mol. The van der Waals surface area contributed by atoms with Crippen LogP contribution in [0.15, 0.2) is 41.6 Å². The second-order valence-corrected chi connectivity index (χ2v) is 9.03. The number of thioether (sulfide) groups is 1. The molecule has 0 atom stereocenters. The fourth-order valence-electron chi connectivity index (χ4n) is 3.59. The minimum Gasteiger partial charge on any atom is -0.497 e. The number of nitrogens with one attached hydrogen (secondary N) is 1. The fourth-order valence-corrected chi connectivity index (χ4v) is 4.44. The zero-order chi connectivity index (χ0) is 25.1. The summed E-state index contributed by atoms with van der Waals surface area (Å²) in [6.07, 6.45) is 0.279. The van der Waals surface area contributed by atoms with Crippen LogP contribution < -0.4 is 14.8 Å². The Morgan fingerprint density at radius 1 is 1.11 bits per heavy atom. The molecule has 2 aromatic carbocycles. The monoisotopic (exact) mass is 515 g/mol. The second kappa shape index (κ2) is 10.5. The van der Waals surface area contributed by atoms with E-state index in [0.717, 1.165) is 11.3 Å². The van der Waals surface area contributed by atoms with Crippen molar-refractivity contribution in [3.63, 3.8) is 0 Å². The summed E-state index contributed by atoms with van der Waals surface area (Å²) in [5.41, 5.74) is 3.26. The summed E-state index contributed by atoms with van der Waals surface area (Å²) in [6, 6.07) is 9.74. The van der Waals surface area contributed by atoms with Crippen molar-refractivity contribution in [2.24, 2.45) is 0 Å². The first kappa shape index (κ1) is 24.7. The van der Waals surface area contributed by atoms with E-state index in [-0.39, 0.29) is 23.9 Å². The van der Waals surface area contributed by atoms with Gasteiger partial charge in [0.15, 0.2) is 0 Å². The number of aryl methyl sites for hydroxylation is 2. The van der Waals surface area contributed by atoms with Crippen molar-refractivity contribution in [1.29, 1.82) is 0 Å². The quantitative estimate of drug-likeness (QED) is 0.335. The van der Waals surface area contributed by atoms with Crippen molar-refractivity contribution in [3.8, 4) is 11.5 Å². The van der Waals surface area contributed by atoms with Gasteiger partial charge in [-0.15, -0.1) is 5.10 Å². The molecule has 11 heteroatoms. The molecule has 4 aromatic rings. The van der Waals surface area contributed by atoms with Crippen LogP contribution in [0.3, 0.4) is 0 Å². The molecule has 0 bridgehead atoms. The number of fused-ring (bicyclic) bond motifs is 1. The molecule has 0 radical (unpaired) electrons. The summed E-state index contributed by atoms with van der Waals surface area (Å²) in [4.78, 5) is 21.5. The van der Waals surface area contributed by atoms with Gasteiger partial charge in [0.05, 0.1) is 20.0 Å². The molecule has 0 saturated carbocycles. The van der Waals surface area contributed by atoms with E-state index in [1.165, 1.54) is 17.8 Å². The Kier molecular flexibility index (Phi) is 7.42. The number of carbonyl (C=O) groups excluding carboxylic acids is 1. The highest BCUT2D eigenvalue weighted by Gasteiger charge is 2.17. The first-order valence-electron chi connectivity index (χ1n) is 10.6. The van der Waals surface area contributed by atoms with Crippen LogP contribution in [-0.4, -0.2) is 45.5 Å². The summed E-state index contributed by atoms with van der Waals surface area (Å²) in [5, 5.41) is 8.07. The summed E-state index contributed by atoms with van der Waals surface area (Å²) in [5.74, 6) is 1.03. The number of hydrogen-bond donors (Lipinski definition) is 1. The van der Waals surface area contributed by atoms with Gasteiger partial charge in [0.2, 0.25) is 11.1 Å². The van der Waals surface area contributed by atoms with Crippen molar-refractivity contribution in [2.75, 3.05) is 25.3 Å². The van der Waals surface area contributed by atoms with Gasteiger partial charge in [0.25, 0.3) is 5.78 Å². The van der Waals surface area contributed by atoms with E-state index in [1.54, 1.807) is 49.1 Å². The van der Waals surface area contributed by atoms with Crippen molar-refractivity contribution < 1.29 is 18.7 Å². The third kappa shape index (κ3) is 5.49. The van der Waals surface area contributed by atoms with E-state index >= 15 is 0 Å². The number of hydrogen-bond acceptors (Lipinski definition) is 7. The molecule has 8 nitrogen and oxygen atoms in total. The van der Waals surface area contributed by atoms with Crippen LogP contribution in [0.2, 0.25) is 5.02 Å². The van der Waals surface area contributed by atoms with Gasteiger partial charge in [-0.25, -0.2) is 13.9 Å². The topological polar surface area (TPSA) is 90.6 Å². The molecule has 182 valence electrons. The number of nitrogens with zero attached hydrogens (tertiary/aromatic N) is 4. The summed E-state index contributed by atoms with van der Waals surface area (Å²) in [7, 11) is 3.08. The van der Waals surface area contributed by atoms with Gasteiger partial charge in [-0.05, 0) is 31.5 Å². The lowest BCUT2D eigenvalue weighted by Crippen LogP contribution is -2.14. The van der Waals surface area contributed by atoms with E-state index in [1.807, 2.05) is 13.8 Å². The maximum absolute atomic E-state index is 14.3. The molecule has 0 fully saturated rings. The lowest BCUT2D eigenvalue weighted by atomic mass is 10.0. The molecule has 0 aliphatic rings. The number of ether oxygens (including phenoxy) is 2. The first-order chi connectivity index (χ1) is 16.8. The van der Waals surface area contributed by atoms with Gasteiger partial charge in [-0.2, -0.15) is 4.98 Å². The molecule has 1 N–H and O–H groups in total. The van der Waals surface area contributed by atoms with Gasteiger partial charge in [0.1, 0.15) is 17.3 Å². The van der Waals surface area contributed by atoms with Gasteiger partial charge in [0, 0.05) is 52.3 Å². The smallest absolute Gasteiger partial charge is 0.253 e. The van der Waals surface area contributed by atoms with Gasteiger partial charge in [-0.3, -0.25) is 4.79 Å². The largest absolute Gasteiger partial charge is 0.497 e. The number of anilines is 1. The molecule has 0 unspecified atom stereocenters. The Hall–Kier alpha value is -3.37. The first-order valence-corrected chi connectivity index (χ1v) is 12.0. The zero-order valence-corrected chi connectivity index (χ0v) is 21.1.